The topological polar surface area (TPSA) is 45.2 Å². The molecule has 0 radical (unpaired) electrons. The highest BCUT2D eigenvalue weighted by Crippen LogP contribution is 2.17. The van der Waals surface area contributed by atoms with Gasteiger partial charge in [-0.05, 0) is 24.6 Å². The lowest BCUT2D eigenvalue weighted by Gasteiger charge is -2.29. The van der Waals surface area contributed by atoms with Gasteiger partial charge in [0.25, 0.3) is 0 Å². The Morgan fingerprint density at radius 1 is 1.38 bits per heavy atom. The van der Waals surface area contributed by atoms with Crippen LogP contribution in [0.1, 0.15) is 18.4 Å². The lowest BCUT2D eigenvalue weighted by molar-refractivity contribution is -0.133. The molecule has 0 aromatic carbocycles. The van der Waals surface area contributed by atoms with E-state index >= 15 is 0 Å². The molecule has 1 saturated heterocycles. The van der Waals surface area contributed by atoms with Crippen LogP contribution in [0.4, 0.5) is 0 Å². The molecule has 0 spiro atoms. The zero-order valence-corrected chi connectivity index (χ0v) is 9.52. The molecular formula is C12H17N3O. The van der Waals surface area contributed by atoms with Crippen molar-refractivity contribution in [3.05, 3.63) is 30.1 Å². The van der Waals surface area contributed by atoms with Gasteiger partial charge in [0, 0.05) is 38.6 Å². The number of pyridine rings is 1. The van der Waals surface area contributed by atoms with Gasteiger partial charge in [0.1, 0.15) is 0 Å². The molecule has 16 heavy (non-hydrogen) atoms. The number of hydrogen-bond acceptors (Lipinski definition) is 3. The normalized spacial score (nSPS) is 18.2. The van der Waals surface area contributed by atoms with E-state index in [1.165, 1.54) is 0 Å². The van der Waals surface area contributed by atoms with Crippen LogP contribution in [0, 0.1) is 0 Å². The third kappa shape index (κ3) is 2.39. The predicted octanol–water partition coefficient (Wildman–Crippen LogP) is 0.617. The maximum absolute atomic E-state index is 12.2. The summed E-state index contributed by atoms with van der Waals surface area (Å²) in [6.45, 7) is 5.38. The maximum Gasteiger partial charge on any atom is 0.229 e. The summed E-state index contributed by atoms with van der Waals surface area (Å²) >= 11 is 0. The number of nitrogens with one attached hydrogen (secondary N) is 1. The third-order valence-electron chi connectivity index (χ3n) is 3.01. The van der Waals surface area contributed by atoms with E-state index in [2.05, 4.69) is 10.3 Å². The second kappa shape index (κ2) is 5.07. The molecule has 1 atom stereocenters. The molecule has 1 fully saturated rings. The molecule has 86 valence electrons. The molecule has 1 aromatic rings. The first kappa shape index (κ1) is 11.1. The number of nitrogens with zero attached hydrogens (tertiary/aromatic N) is 2. The predicted molar refractivity (Wildman–Crippen MR) is 62.1 cm³/mol. The van der Waals surface area contributed by atoms with Gasteiger partial charge in [-0.15, -0.1) is 0 Å². The fourth-order valence-electron chi connectivity index (χ4n) is 1.95. The molecule has 1 aliphatic heterocycles. The van der Waals surface area contributed by atoms with Crippen molar-refractivity contribution in [2.45, 2.75) is 12.8 Å². The molecule has 1 aromatic heterocycles. The van der Waals surface area contributed by atoms with Crippen molar-refractivity contribution in [3.8, 4) is 0 Å². The highest BCUT2D eigenvalue weighted by molar-refractivity contribution is 5.83. The van der Waals surface area contributed by atoms with Crippen LogP contribution in [0.15, 0.2) is 24.5 Å². The number of carbonyl (C=O) groups is 1. The molecule has 1 amide bonds. The molecule has 0 bridgehead atoms. The summed E-state index contributed by atoms with van der Waals surface area (Å²) in [4.78, 5) is 18.1. The van der Waals surface area contributed by atoms with E-state index in [0.29, 0.717) is 0 Å². The van der Waals surface area contributed by atoms with Crippen molar-refractivity contribution < 1.29 is 4.79 Å². The number of amides is 1. The lowest BCUT2D eigenvalue weighted by atomic mass is 10.0. The van der Waals surface area contributed by atoms with E-state index in [0.717, 1.165) is 31.7 Å². The molecule has 0 saturated carbocycles. The van der Waals surface area contributed by atoms with Crippen molar-refractivity contribution >= 4 is 5.91 Å². The Bertz CT molecular complexity index is 347. The van der Waals surface area contributed by atoms with Crippen molar-refractivity contribution in [1.82, 2.24) is 15.2 Å². The molecule has 4 nitrogen and oxygen atoms in total. The van der Waals surface area contributed by atoms with E-state index in [1.807, 2.05) is 24.0 Å². The largest absolute Gasteiger partial charge is 0.340 e. The number of carbonyl (C=O) groups excluding carboxylic acids is 1. The Kier molecular flexibility index (Phi) is 3.51. The Hall–Kier alpha value is -1.42. The number of aromatic nitrogens is 1. The number of piperazine rings is 1. The second-order valence-electron chi connectivity index (χ2n) is 4.08. The Morgan fingerprint density at radius 2 is 2.00 bits per heavy atom. The molecule has 1 aliphatic rings. The van der Waals surface area contributed by atoms with E-state index in [-0.39, 0.29) is 11.8 Å². The van der Waals surface area contributed by atoms with E-state index in [4.69, 9.17) is 0 Å². The van der Waals surface area contributed by atoms with Crippen LogP contribution in [0.25, 0.3) is 0 Å². The Balaban J connectivity index is 2.04. The fraction of sp³-hybridized carbons (Fsp3) is 0.500. The fourth-order valence-corrected chi connectivity index (χ4v) is 1.95. The van der Waals surface area contributed by atoms with Gasteiger partial charge in [0.05, 0.1) is 5.92 Å². The zero-order chi connectivity index (χ0) is 11.4. The average molecular weight is 219 g/mol. The van der Waals surface area contributed by atoms with Crippen LogP contribution in [-0.4, -0.2) is 42.0 Å². The summed E-state index contributed by atoms with van der Waals surface area (Å²) in [5, 5.41) is 3.24. The van der Waals surface area contributed by atoms with Gasteiger partial charge in [-0.1, -0.05) is 0 Å². The lowest BCUT2D eigenvalue weighted by Crippen LogP contribution is -2.47. The summed E-state index contributed by atoms with van der Waals surface area (Å²) in [6.07, 6.45) is 3.47. The first-order chi connectivity index (χ1) is 7.79. The molecular weight excluding hydrogens is 202 g/mol. The van der Waals surface area contributed by atoms with Crippen LogP contribution in [0.2, 0.25) is 0 Å². The first-order valence-electron chi connectivity index (χ1n) is 5.68. The van der Waals surface area contributed by atoms with Crippen molar-refractivity contribution in [3.63, 3.8) is 0 Å². The molecule has 1 unspecified atom stereocenters. The smallest absolute Gasteiger partial charge is 0.229 e. The maximum atomic E-state index is 12.2. The van der Waals surface area contributed by atoms with Gasteiger partial charge in [-0.25, -0.2) is 0 Å². The van der Waals surface area contributed by atoms with Crippen LogP contribution >= 0.6 is 0 Å². The monoisotopic (exact) mass is 219 g/mol. The number of hydrogen-bond donors (Lipinski definition) is 1. The van der Waals surface area contributed by atoms with Gasteiger partial charge >= 0.3 is 0 Å². The summed E-state index contributed by atoms with van der Waals surface area (Å²) in [5.74, 6) is 0.147. The molecule has 2 heterocycles. The standard InChI is InChI=1S/C12H17N3O/c1-10(11-2-4-13-5-3-11)12(16)15-8-6-14-7-9-15/h2-5,10,14H,6-9H2,1H3. The van der Waals surface area contributed by atoms with Gasteiger partial charge in [-0.2, -0.15) is 0 Å². The molecule has 4 heteroatoms. The Morgan fingerprint density at radius 3 is 2.62 bits per heavy atom. The first-order valence-corrected chi connectivity index (χ1v) is 5.68. The highest BCUT2D eigenvalue weighted by Gasteiger charge is 2.22. The average Bonchev–Trinajstić information content (AvgIpc) is 2.39. The Labute approximate surface area is 95.7 Å². The van der Waals surface area contributed by atoms with Crippen LogP contribution in [0.5, 0.6) is 0 Å². The van der Waals surface area contributed by atoms with E-state index in [1.54, 1.807) is 12.4 Å². The molecule has 2 rings (SSSR count). The minimum Gasteiger partial charge on any atom is -0.340 e. The minimum absolute atomic E-state index is 0.0684. The summed E-state index contributed by atoms with van der Waals surface area (Å²) in [6, 6.07) is 3.82. The number of rotatable bonds is 2. The van der Waals surface area contributed by atoms with Crippen molar-refractivity contribution in [1.29, 1.82) is 0 Å². The van der Waals surface area contributed by atoms with Crippen LogP contribution in [0.3, 0.4) is 0 Å². The van der Waals surface area contributed by atoms with Gasteiger partial charge in [0.2, 0.25) is 5.91 Å². The molecule has 1 N–H and O–H groups in total. The highest BCUT2D eigenvalue weighted by atomic mass is 16.2. The van der Waals surface area contributed by atoms with Crippen LogP contribution < -0.4 is 5.32 Å². The van der Waals surface area contributed by atoms with E-state index < -0.39 is 0 Å². The van der Waals surface area contributed by atoms with Crippen molar-refractivity contribution in [2.24, 2.45) is 0 Å². The van der Waals surface area contributed by atoms with E-state index in [9.17, 15) is 4.79 Å². The van der Waals surface area contributed by atoms with Crippen molar-refractivity contribution in [2.75, 3.05) is 26.2 Å². The second-order valence-corrected chi connectivity index (χ2v) is 4.08. The van der Waals surface area contributed by atoms with Gasteiger partial charge in [-0.3, -0.25) is 9.78 Å². The summed E-state index contributed by atoms with van der Waals surface area (Å²) in [7, 11) is 0. The zero-order valence-electron chi connectivity index (χ0n) is 9.52. The quantitative estimate of drug-likeness (QED) is 0.793. The summed E-state index contributed by atoms with van der Waals surface area (Å²) in [5.41, 5.74) is 1.04. The third-order valence-corrected chi connectivity index (χ3v) is 3.01. The SMILES string of the molecule is CC(C(=O)N1CCNCC1)c1ccncc1. The molecule has 0 aliphatic carbocycles. The van der Waals surface area contributed by atoms with Gasteiger partial charge < -0.3 is 10.2 Å². The summed E-state index contributed by atoms with van der Waals surface area (Å²) < 4.78 is 0. The van der Waals surface area contributed by atoms with Crippen LogP contribution in [-0.2, 0) is 4.79 Å². The van der Waals surface area contributed by atoms with Gasteiger partial charge in [0.15, 0.2) is 0 Å². The minimum atomic E-state index is -0.0684.